The topological polar surface area (TPSA) is 99.5 Å². The summed E-state index contributed by atoms with van der Waals surface area (Å²) in [7, 11) is -7.17. The molecule has 0 aliphatic heterocycles. The molecule has 0 atom stereocenters. The Kier molecular flexibility index (Phi) is 10.5. The maximum Gasteiger partial charge on any atom is 0.243 e. The lowest BCUT2D eigenvalue weighted by Crippen LogP contribution is -2.31. The van der Waals surface area contributed by atoms with Gasteiger partial charge in [0.1, 0.15) is 0 Å². The predicted octanol–water partition coefficient (Wildman–Crippen LogP) is 5.87. The van der Waals surface area contributed by atoms with Crippen molar-refractivity contribution < 1.29 is 16.8 Å². The lowest BCUT2D eigenvalue weighted by molar-refractivity contribution is 0.444. The number of benzene rings is 3. The molecule has 0 aliphatic rings. The van der Waals surface area contributed by atoms with E-state index >= 15 is 0 Å². The molecular weight excluding hydrogens is 544 g/mol. The molecule has 214 valence electrons. The molecule has 8 nitrogen and oxygen atoms in total. The van der Waals surface area contributed by atoms with Gasteiger partial charge >= 0.3 is 0 Å². The van der Waals surface area contributed by atoms with Gasteiger partial charge < -0.3 is 0 Å². The van der Waals surface area contributed by atoms with Crippen LogP contribution in [0.2, 0.25) is 0 Å². The van der Waals surface area contributed by atoms with E-state index in [1.165, 1.54) is 8.61 Å². The molecule has 0 unspecified atom stereocenters. The van der Waals surface area contributed by atoms with Gasteiger partial charge in [0.15, 0.2) is 0 Å². The summed E-state index contributed by atoms with van der Waals surface area (Å²) >= 11 is 0. The van der Waals surface area contributed by atoms with E-state index in [0.29, 0.717) is 48.7 Å². The molecule has 0 fully saturated rings. The van der Waals surface area contributed by atoms with E-state index in [2.05, 4.69) is 9.98 Å². The molecule has 3 rings (SSSR count). The van der Waals surface area contributed by atoms with Crippen molar-refractivity contribution in [3.8, 4) is 0 Å². The van der Waals surface area contributed by atoms with Crippen molar-refractivity contribution in [2.75, 3.05) is 26.2 Å². The molecule has 0 saturated heterocycles. The van der Waals surface area contributed by atoms with Crippen molar-refractivity contribution in [3.63, 3.8) is 0 Å². The predicted molar refractivity (Wildman–Crippen MR) is 164 cm³/mol. The van der Waals surface area contributed by atoms with E-state index in [-0.39, 0.29) is 9.79 Å². The highest BCUT2D eigenvalue weighted by atomic mass is 32.2. The minimum atomic E-state index is -3.58. The number of hydrogen-bond donors (Lipinski definition) is 0. The van der Waals surface area contributed by atoms with Crippen LogP contribution in [0, 0.1) is 13.8 Å². The quantitative estimate of drug-likeness (QED) is 0.250. The Morgan fingerprint density at radius 3 is 1.20 bits per heavy atom. The molecule has 10 heteroatoms. The minimum Gasteiger partial charge on any atom is -0.256 e. The Labute approximate surface area is 239 Å². The van der Waals surface area contributed by atoms with Crippen molar-refractivity contribution in [3.05, 3.63) is 82.9 Å². The Morgan fingerprint density at radius 2 is 0.900 bits per heavy atom. The summed E-state index contributed by atoms with van der Waals surface area (Å²) in [6, 6.07) is 17.9. The van der Waals surface area contributed by atoms with Crippen LogP contribution in [0.1, 0.15) is 49.9 Å². The van der Waals surface area contributed by atoms with E-state index in [1.807, 2.05) is 52.0 Å². The van der Waals surface area contributed by atoms with E-state index in [0.717, 1.165) is 11.1 Å². The SMILES string of the molecule is CCN(CC)S(=O)(=O)c1cc(N=Cc2ccc(C=Nc3ccc(C)c(S(=O)(=O)N(CC)CC)c3)cc2)ccc1C. The largest absolute Gasteiger partial charge is 0.256 e. The molecule has 0 N–H and O–H groups in total. The molecule has 0 amide bonds. The van der Waals surface area contributed by atoms with Crippen LogP contribution in [0.5, 0.6) is 0 Å². The standard InChI is InChI=1S/C30H38N4O4S2/c1-7-33(8-2)39(35,36)29-19-27(17-11-23(29)5)31-21-25-13-15-26(16-14-25)22-32-28-18-12-24(6)30(20-28)40(37,38)34(9-3)10-4/h11-22H,7-10H2,1-6H3. The fourth-order valence-corrected chi connectivity index (χ4v) is 7.67. The van der Waals surface area contributed by atoms with Gasteiger partial charge in [0.05, 0.1) is 21.2 Å². The van der Waals surface area contributed by atoms with Crippen LogP contribution in [-0.2, 0) is 20.0 Å². The highest BCUT2D eigenvalue weighted by molar-refractivity contribution is 7.89. The van der Waals surface area contributed by atoms with Crippen LogP contribution in [0.15, 0.2) is 80.4 Å². The van der Waals surface area contributed by atoms with E-state index < -0.39 is 20.0 Å². The first-order chi connectivity index (χ1) is 19.0. The zero-order chi connectivity index (χ0) is 29.5. The van der Waals surface area contributed by atoms with Crippen LogP contribution in [0.25, 0.3) is 0 Å². The number of hydrogen-bond acceptors (Lipinski definition) is 6. The Balaban J connectivity index is 1.79. The van der Waals surface area contributed by atoms with Gasteiger partial charge in [0, 0.05) is 38.6 Å². The summed E-state index contributed by atoms with van der Waals surface area (Å²) < 4.78 is 54.9. The van der Waals surface area contributed by atoms with Gasteiger partial charge in [-0.05, 0) is 60.4 Å². The summed E-state index contributed by atoms with van der Waals surface area (Å²) in [5.74, 6) is 0. The van der Waals surface area contributed by atoms with Gasteiger partial charge in [-0.15, -0.1) is 0 Å². The van der Waals surface area contributed by atoms with Gasteiger partial charge in [-0.25, -0.2) is 16.8 Å². The van der Waals surface area contributed by atoms with E-state index in [1.54, 1.807) is 62.7 Å². The summed E-state index contributed by atoms with van der Waals surface area (Å²) in [5, 5.41) is 0. The number of sulfonamides is 2. The van der Waals surface area contributed by atoms with Crippen LogP contribution >= 0.6 is 0 Å². The third-order valence-corrected chi connectivity index (χ3v) is 11.0. The molecular formula is C30H38N4O4S2. The smallest absolute Gasteiger partial charge is 0.243 e. The minimum absolute atomic E-state index is 0.265. The van der Waals surface area contributed by atoms with E-state index in [4.69, 9.17) is 0 Å². The first kappa shape index (κ1) is 31.3. The average molecular weight is 583 g/mol. The number of aryl methyl sites for hydroxylation is 2. The Hall–Kier alpha value is -3.18. The molecule has 0 heterocycles. The summed E-state index contributed by atoms with van der Waals surface area (Å²) in [6.07, 6.45) is 3.37. The summed E-state index contributed by atoms with van der Waals surface area (Å²) in [5.41, 5.74) is 4.15. The Morgan fingerprint density at radius 1 is 0.575 bits per heavy atom. The molecule has 3 aromatic rings. The highest BCUT2D eigenvalue weighted by Crippen LogP contribution is 2.26. The fourth-order valence-electron chi connectivity index (χ4n) is 4.27. The monoisotopic (exact) mass is 582 g/mol. The lowest BCUT2D eigenvalue weighted by Gasteiger charge is -2.19. The number of nitrogens with zero attached hydrogens (tertiary/aromatic N) is 4. The van der Waals surface area contributed by atoms with Crippen molar-refractivity contribution in [2.45, 2.75) is 51.3 Å². The maximum absolute atomic E-state index is 13.0. The van der Waals surface area contributed by atoms with Crippen molar-refractivity contribution >= 4 is 43.9 Å². The molecule has 0 saturated carbocycles. The van der Waals surface area contributed by atoms with Gasteiger partial charge in [0.25, 0.3) is 0 Å². The highest BCUT2D eigenvalue weighted by Gasteiger charge is 2.24. The van der Waals surface area contributed by atoms with Crippen LogP contribution in [-0.4, -0.2) is 64.1 Å². The van der Waals surface area contributed by atoms with Gasteiger partial charge in [-0.3, -0.25) is 9.98 Å². The molecule has 0 spiro atoms. The molecule has 40 heavy (non-hydrogen) atoms. The molecule has 0 aromatic heterocycles. The zero-order valence-corrected chi connectivity index (χ0v) is 25.6. The maximum atomic E-state index is 13.0. The number of aliphatic imine (C=N–C) groups is 2. The van der Waals surface area contributed by atoms with Crippen molar-refractivity contribution in [2.24, 2.45) is 9.98 Å². The van der Waals surface area contributed by atoms with Gasteiger partial charge in [-0.2, -0.15) is 8.61 Å². The molecule has 3 aromatic carbocycles. The third kappa shape index (κ3) is 7.11. The second kappa shape index (κ2) is 13.5. The zero-order valence-electron chi connectivity index (χ0n) is 24.0. The summed E-state index contributed by atoms with van der Waals surface area (Å²) in [4.78, 5) is 9.52. The molecule has 0 aliphatic carbocycles. The van der Waals surface area contributed by atoms with Gasteiger partial charge in [-0.1, -0.05) is 64.1 Å². The van der Waals surface area contributed by atoms with Crippen LogP contribution < -0.4 is 0 Å². The van der Waals surface area contributed by atoms with Crippen LogP contribution in [0.3, 0.4) is 0 Å². The average Bonchev–Trinajstić information content (AvgIpc) is 2.93. The second-order valence-electron chi connectivity index (χ2n) is 9.26. The van der Waals surface area contributed by atoms with E-state index in [9.17, 15) is 16.8 Å². The normalized spacial score (nSPS) is 12.8. The summed E-state index contributed by atoms with van der Waals surface area (Å²) in [6.45, 7) is 12.5. The molecule has 0 radical (unpaired) electrons. The van der Waals surface area contributed by atoms with Crippen molar-refractivity contribution in [1.82, 2.24) is 8.61 Å². The van der Waals surface area contributed by atoms with Crippen molar-refractivity contribution in [1.29, 1.82) is 0 Å². The second-order valence-corrected chi connectivity index (χ2v) is 13.1. The Bertz CT molecular complexity index is 1470. The molecule has 0 bridgehead atoms. The first-order valence-corrected chi connectivity index (χ1v) is 16.3. The van der Waals surface area contributed by atoms with Gasteiger partial charge in [0.2, 0.25) is 20.0 Å². The van der Waals surface area contributed by atoms with Crippen LogP contribution in [0.4, 0.5) is 11.4 Å². The number of rotatable bonds is 12. The third-order valence-electron chi connectivity index (χ3n) is 6.65. The lowest BCUT2D eigenvalue weighted by atomic mass is 10.1. The fraction of sp³-hybridized carbons (Fsp3) is 0.333. The first-order valence-electron chi connectivity index (χ1n) is 13.4.